The Bertz CT molecular complexity index is 1180. The van der Waals surface area contributed by atoms with Crippen LogP contribution >= 0.6 is 0 Å². The molecule has 2 aromatic heterocycles. The molecule has 4 N–H and O–H groups in total. The van der Waals surface area contributed by atoms with E-state index in [-0.39, 0.29) is 6.10 Å². The number of β-amino-alcohol motifs (C(OH)–C–C–N with tert-alkyl or cyclic N) is 1. The summed E-state index contributed by atoms with van der Waals surface area (Å²) in [5.74, 6) is 4.62. The lowest BCUT2D eigenvalue weighted by Crippen LogP contribution is -2.30. The molecule has 0 saturated carbocycles. The van der Waals surface area contributed by atoms with Gasteiger partial charge < -0.3 is 25.2 Å². The summed E-state index contributed by atoms with van der Waals surface area (Å²) in [6.07, 6.45) is 3.68. The van der Waals surface area contributed by atoms with Gasteiger partial charge >= 0.3 is 0 Å². The summed E-state index contributed by atoms with van der Waals surface area (Å²) in [4.78, 5) is 13.1. The van der Waals surface area contributed by atoms with Crippen LogP contribution in [0.4, 0.5) is 17.2 Å². The van der Waals surface area contributed by atoms with Gasteiger partial charge in [-0.15, -0.1) is 0 Å². The number of aromatic nitrogens is 3. The number of aliphatic hydroxyl groups excluding tert-OH is 1. The second-order valence-corrected chi connectivity index (χ2v) is 9.59. The highest BCUT2D eigenvalue weighted by molar-refractivity contribution is 8.00. The minimum Gasteiger partial charge on any atom is -0.469 e. The zero-order valence-electron chi connectivity index (χ0n) is 16.8. The molecule has 4 rings (SSSR count). The number of benzene rings is 1. The Morgan fingerprint density at radius 1 is 1.30 bits per heavy atom. The fourth-order valence-electron chi connectivity index (χ4n) is 3.41. The van der Waals surface area contributed by atoms with Crippen molar-refractivity contribution in [2.75, 3.05) is 29.4 Å². The lowest BCUT2D eigenvalue weighted by Gasteiger charge is -2.18. The van der Waals surface area contributed by atoms with Gasteiger partial charge in [0.15, 0.2) is 0 Å². The highest BCUT2D eigenvalue weighted by Gasteiger charge is 2.28. The molecule has 3 unspecified atom stereocenters. The van der Waals surface area contributed by atoms with Gasteiger partial charge in [-0.2, -0.15) is 0 Å². The number of hydrogen-bond donors (Lipinski definition) is 4. The van der Waals surface area contributed by atoms with Crippen LogP contribution in [0, 0.1) is 6.92 Å². The molecular weight excluding hydrogens is 404 g/mol. The van der Waals surface area contributed by atoms with E-state index in [1.165, 1.54) is 6.33 Å². The molecule has 3 aromatic rings. The number of rotatable bonds is 6. The lowest BCUT2D eigenvalue weighted by molar-refractivity contribution is 0.0712. The van der Waals surface area contributed by atoms with E-state index < -0.39 is 15.8 Å². The number of nitrogens with one attached hydrogen (secondary N) is 3. The molecule has 1 aliphatic rings. The molecule has 3 atom stereocenters. The Labute approximate surface area is 175 Å². The first-order chi connectivity index (χ1) is 14.3. The van der Waals surface area contributed by atoms with Gasteiger partial charge in [-0.25, -0.2) is 19.2 Å². The molecule has 0 amide bonds. The number of anilines is 3. The largest absolute Gasteiger partial charge is 0.469 e. The van der Waals surface area contributed by atoms with Gasteiger partial charge in [0.1, 0.15) is 30.0 Å². The molecule has 1 saturated heterocycles. The van der Waals surface area contributed by atoms with Crippen molar-refractivity contribution in [3.63, 3.8) is 0 Å². The van der Waals surface area contributed by atoms with Gasteiger partial charge in [-0.05, 0) is 42.6 Å². The molecule has 3 heterocycles. The van der Waals surface area contributed by atoms with E-state index in [1.807, 2.05) is 25.1 Å². The van der Waals surface area contributed by atoms with E-state index >= 15 is 0 Å². The number of pyridine rings is 1. The number of aliphatic hydroxyl groups is 1. The van der Waals surface area contributed by atoms with E-state index in [2.05, 4.69) is 36.2 Å². The first-order valence-electron chi connectivity index (χ1n) is 9.43. The number of aryl methyl sites for hydroxylation is 1. The third-order valence-electron chi connectivity index (χ3n) is 4.68. The minimum absolute atomic E-state index is 0.371. The van der Waals surface area contributed by atoms with Crippen molar-refractivity contribution < 1.29 is 14.1 Å². The monoisotopic (exact) mass is 428 g/mol. The molecule has 9 nitrogen and oxygen atoms in total. The number of ether oxygens (including phenoxy) is 1. The predicted molar refractivity (Wildman–Crippen MR) is 120 cm³/mol. The number of fused-ring (bicyclic) bond motifs is 1. The standard InChI is InChI=1S/C20H24N6O3S/c1-12-7-13(26-30(2,3)28)8-15-18(12)19(24-11-23-15)25-14-5-4-6-22-20(14)29-17-10-21-9-16(17)27/h4-8,11,16-17,21,27H,2,9-10H2,1,3H3,(H,26,28)(H,23,24,25). The molecule has 158 valence electrons. The molecule has 30 heavy (non-hydrogen) atoms. The first kappa shape index (κ1) is 20.3. The van der Waals surface area contributed by atoms with Crippen molar-refractivity contribution in [2.45, 2.75) is 19.1 Å². The Kier molecular flexibility index (Phi) is 5.46. The van der Waals surface area contributed by atoms with Crippen LogP contribution in [0.2, 0.25) is 0 Å². The molecule has 0 spiro atoms. The van der Waals surface area contributed by atoms with Crippen LogP contribution in [0.5, 0.6) is 5.88 Å². The summed E-state index contributed by atoms with van der Waals surface area (Å²) >= 11 is 0. The highest BCUT2D eigenvalue weighted by Crippen LogP contribution is 2.32. The fourth-order valence-corrected chi connectivity index (χ4v) is 4.02. The van der Waals surface area contributed by atoms with Crippen molar-refractivity contribution >= 4 is 43.7 Å². The average Bonchev–Trinajstić information content (AvgIpc) is 3.06. The minimum atomic E-state index is -2.40. The summed E-state index contributed by atoms with van der Waals surface area (Å²) in [7, 11) is -2.40. The van der Waals surface area contributed by atoms with Crippen LogP contribution in [0.1, 0.15) is 5.56 Å². The Morgan fingerprint density at radius 2 is 2.13 bits per heavy atom. The summed E-state index contributed by atoms with van der Waals surface area (Å²) in [6.45, 7) is 2.98. The maximum absolute atomic E-state index is 12.0. The first-order valence-corrected chi connectivity index (χ1v) is 11.6. The molecule has 1 aliphatic heterocycles. The lowest BCUT2D eigenvalue weighted by atomic mass is 10.1. The van der Waals surface area contributed by atoms with Crippen LogP contribution in [0.3, 0.4) is 0 Å². The fraction of sp³-hybridized carbons (Fsp3) is 0.300. The van der Waals surface area contributed by atoms with Gasteiger partial charge in [-0.1, -0.05) is 0 Å². The van der Waals surface area contributed by atoms with Crippen molar-refractivity contribution in [1.82, 2.24) is 20.3 Å². The van der Waals surface area contributed by atoms with Crippen molar-refractivity contribution in [2.24, 2.45) is 0 Å². The van der Waals surface area contributed by atoms with Crippen LogP contribution in [-0.4, -0.2) is 61.7 Å². The second kappa shape index (κ2) is 8.05. The van der Waals surface area contributed by atoms with Gasteiger partial charge in [0.25, 0.3) is 0 Å². The molecule has 0 bridgehead atoms. The number of nitrogens with zero attached hydrogens (tertiary/aromatic N) is 3. The van der Waals surface area contributed by atoms with Crippen molar-refractivity contribution in [3.8, 4) is 5.88 Å². The van der Waals surface area contributed by atoms with Crippen molar-refractivity contribution in [3.05, 3.63) is 42.4 Å². The third-order valence-corrected chi connectivity index (χ3v) is 5.35. The quantitative estimate of drug-likeness (QED) is 0.436. The van der Waals surface area contributed by atoms with Crippen LogP contribution in [0.25, 0.3) is 10.9 Å². The van der Waals surface area contributed by atoms with Crippen LogP contribution < -0.4 is 20.1 Å². The predicted octanol–water partition coefficient (Wildman–Crippen LogP) is 1.46. The van der Waals surface area contributed by atoms with E-state index in [0.29, 0.717) is 41.7 Å². The second-order valence-electron chi connectivity index (χ2n) is 7.38. The SMILES string of the molecule is C=S(C)(=O)Nc1cc(C)c2c(Nc3cccnc3OC3CNCC3O)ncnc2c1. The highest BCUT2D eigenvalue weighted by atomic mass is 32.2. The Hall–Kier alpha value is -2.95. The Balaban J connectivity index is 1.68. The number of hydrogen-bond acceptors (Lipinski definition) is 8. The van der Waals surface area contributed by atoms with Gasteiger partial charge in [0.2, 0.25) is 5.88 Å². The molecular formula is C20H24N6O3S. The summed E-state index contributed by atoms with van der Waals surface area (Å²) in [5.41, 5.74) is 2.91. The Morgan fingerprint density at radius 3 is 2.87 bits per heavy atom. The molecule has 0 aliphatic carbocycles. The van der Waals surface area contributed by atoms with Crippen molar-refractivity contribution in [1.29, 1.82) is 0 Å². The van der Waals surface area contributed by atoms with Gasteiger partial charge in [0, 0.05) is 46.3 Å². The summed E-state index contributed by atoms with van der Waals surface area (Å²) in [5, 5.41) is 17.2. The summed E-state index contributed by atoms with van der Waals surface area (Å²) < 4.78 is 20.8. The van der Waals surface area contributed by atoms with E-state index in [1.54, 1.807) is 18.5 Å². The average molecular weight is 429 g/mol. The molecule has 1 aromatic carbocycles. The van der Waals surface area contributed by atoms with Gasteiger partial charge in [-0.3, -0.25) is 0 Å². The zero-order chi connectivity index (χ0) is 21.3. The van der Waals surface area contributed by atoms with Gasteiger partial charge in [0.05, 0.1) is 5.52 Å². The zero-order valence-corrected chi connectivity index (χ0v) is 17.6. The third kappa shape index (κ3) is 4.45. The maximum Gasteiger partial charge on any atom is 0.238 e. The van der Waals surface area contributed by atoms with E-state index in [4.69, 9.17) is 4.74 Å². The smallest absolute Gasteiger partial charge is 0.238 e. The molecule has 0 radical (unpaired) electrons. The maximum atomic E-state index is 12.0. The molecule has 10 heteroatoms. The summed E-state index contributed by atoms with van der Waals surface area (Å²) in [6, 6.07) is 7.32. The molecule has 1 fully saturated rings. The topological polar surface area (TPSA) is 121 Å². The van der Waals surface area contributed by atoms with E-state index in [0.717, 1.165) is 10.9 Å². The van der Waals surface area contributed by atoms with Crippen LogP contribution in [-0.2, 0) is 9.71 Å². The van der Waals surface area contributed by atoms with E-state index in [9.17, 15) is 9.32 Å². The normalized spacial score (nSPS) is 20.6. The van der Waals surface area contributed by atoms with Crippen LogP contribution in [0.15, 0.2) is 36.8 Å².